The molecule has 4 aromatic rings. The molecule has 1 aliphatic carbocycles. The van der Waals surface area contributed by atoms with Crippen LogP contribution in [0.3, 0.4) is 0 Å². The first kappa shape index (κ1) is 24.8. The number of carbonyl (C=O) groups excluding carboxylic acids is 2. The third-order valence-electron chi connectivity index (χ3n) is 7.27. The van der Waals surface area contributed by atoms with E-state index in [4.69, 9.17) is 33.5 Å². The quantitative estimate of drug-likeness (QED) is 0.239. The number of nitrogens with two attached hydrogens (primary N) is 3. The smallest absolute Gasteiger partial charge is 0.262 e. The zero-order chi connectivity index (χ0) is 26.6. The average Bonchev–Trinajstić information content (AvgIpc) is 3.57. The van der Waals surface area contributed by atoms with Gasteiger partial charge in [-0.05, 0) is 54.4 Å². The Morgan fingerprint density at radius 1 is 1.16 bits per heavy atom. The van der Waals surface area contributed by atoms with E-state index in [1.807, 2.05) is 30.3 Å². The van der Waals surface area contributed by atoms with E-state index in [9.17, 15) is 9.59 Å². The number of benzene rings is 3. The van der Waals surface area contributed by atoms with E-state index in [0.29, 0.717) is 60.4 Å². The molecule has 0 bridgehead atoms. The molecule has 1 aromatic heterocycles. The topological polar surface area (TPSA) is 145 Å². The molecule has 3 aromatic carbocycles. The van der Waals surface area contributed by atoms with Crippen molar-refractivity contribution >= 4 is 50.4 Å². The molecule has 10 heteroatoms. The van der Waals surface area contributed by atoms with Crippen molar-refractivity contribution in [1.82, 2.24) is 10.6 Å². The van der Waals surface area contributed by atoms with Gasteiger partial charge in [-0.15, -0.1) is 11.3 Å². The predicted molar refractivity (Wildman–Crippen MR) is 150 cm³/mol. The van der Waals surface area contributed by atoms with Gasteiger partial charge in [0, 0.05) is 29.2 Å². The molecular weight excluding hydrogens is 522 g/mol. The summed E-state index contributed by atoms with van der Waals surface area (Å²) < 4.78 is 6.58. The third-order valence-corrected chi connectivity index (χ3v) is 8.82. The molecule has 6 rings (SSSR count). The first-order valence-corrected chi connectivity index (χ1v) is 13.5. The second-order valence-electron chi connectivity index (χ2n) is 9.62. The molecule has 1 fully saturated rings. The van der Waals surface area contributed by atoms with Crippen molar-refractivity contribution in [3.8, 4) is 11.5 Å². The van der Waals surface area contributed by atoms with Crippen molar-refractivity contribution in [2.24, 2.45) is 11.5 Å². The Balaban J connectivity index is 1.46. The highest BCUT2D eigenvalue weighted by Gasteiger charge is 2.49. The Hall–Kier alpha value is -3.47. The predicted octanol–water partition coefficient (Wildman–Crippen LogP) is 3.81. The third kappa shape index (κ3) is 3.86. The maximum absolute atomic E-state index is 13.9. The van der Waals surface area contributed by atoms with Crippen LogP contribution in [0.15, 0.2) is 60.7 Å². The lowest BCUT2D eigenvalue weighted by molar-refractivity contribution is -0.124. The second kappa shape index (κ2) is 9.37. The number of carbonyl (C=O) groups is 2. The van der Waals surface area contributed by atoms with E-state index < -0.39 is 17.4 Å². The van der Waals surface area contributed by atoms with Crippen LogP contribution in [-0.4, -0.2) is 30.8 Å². The summed E-state index contributed by atoms with van der Waals surface area (Å²) >= 11 is 7.84. The molecule has 3 unspecified atom stereocenters. The summed E-state index contributed by atoms with van der Waals surface area (Å²) in [6, 6.07) is 16.6. The van der Waals surface area contributed by atoms with Gasteiger partial charge in [0.25, 0.3) is 5.91 Å². The summed E-state index contributed by atoms with van der Waals surface area (Å²) in [6.07, 6.45) is 0.834. The minimum Gasteiger partial charge on any atom is -0.456 e. The van der Waals surface area contributed by atoms with Crippen molar-refractivity contribution in [1.29, 1.82) is 0 Å². The number of thiophene rings is 1. The van der Waals surface area contributed by atoms with Crippen LogP contribution in [0.5, 0.6) is 11.5 Å². The van der Waals surface area contributed by atoms with Crippen LogP contribution < -0.4 is 32.6 Å². The fourth-order valence-electron chi connectivity index (χ4n) is 5.32. The Labute approximate surface area is 228 Å². The molecule has 3 atom stereocenters. The lowest BCUT2D eigenvalue weighted by Crippen LogP contribution is -2.52. The van der Waals surface area contributed by atoms with Crippen molar-refractivity contribution < 1.29 is 14.3 Å². The van der Waals surface area contributed by atoms with E-state index in [0.717, 1.165) is 13.0 Å². The van der Waals surface area contributed by atoms with Crippen LogP contribution in [-0.2, 0) is 10.3 Å². The number of ketones is 1. The maximum Gasteiger partial charge on any atom is 0.262 e. The number of Topliss-reactive ketones (excluding diaryl/α,β-unsaturated/α-hetero) is 1. The highest BCUT2D eigenvalue weighted by Crippen LogP contribution is 2.50. The van der Waals surface area contributed by atoms with E-state index in [1.54, 1.807) is 30.3 Å². The number of hydrogen-bond donors (Lipinski definition) is 5. The van der Waals surface area contributed by atoms with Crippen LogP contribution in [0.25, 0.3) is 10.1 Å². The van der Waals surface area contributed by atoms with Crippen molar-refractivity contribution in [2.45, 2.75) is 24.0 Å². The number of ether oxygens (including phenoxy) is 1. The van der Waals surface area contributed by atoms with E-state index in [-0.39, 0.29) is 11.9 Å². The summed E-state index contributed by atoms with van der Waals surface area (Å²) in [6.45, 7) is 1.54. The van der Waals surface area contributed by atoms with Gasteiger partial charge in [-0.25, -0.2) is 0 Å². The summed E-state index contributed by atoms with van der Waals surface area (Å²) in [4.78, 5) is 27.6. The maximum atomic E-state index is 13.9. The summed E-state index contributed by atoms with van der Waals surface area (Å²) in [5.41, 5.74) is 20.2. The molecule has 1 aliphatic heterocycles. The molecule has 1 saturated heterocycles. The lowest BCUT2D eigenvalue weighted by atomic mass is 9.70. The van der Waals surface area contributed by atoms with Gasteiger partial charge in [-0.3, -0.25) is 9.59 Å². The summed E-state index contributed by atoms with van der Waals surface area (Å²) in [7, 11) is 0. The van der Waals surface area contributed by atoms with Crippen LogP contribution in [0.4, 0.5) is 5.69 Å². The van der Waals surface area contributed by atoms with Gasteiger partial charge < -0.3 is 32.6 Å². The summed E-state index contributed by atoms with van der Waals surface area (Å²) in [5, 5.41) is 7.24. The number of rotatable bonds is 5. The normalized spacial score (nSPS) is 22.6. The van der Waals surface area contributed by atoms with Crippen LogP contribution in [0, 0.1) is 0 Å². The van der Waals surface area contributed by atoms with Crippen molar-refractivity contribution in [3.05, 3.63) is 87.3 Å². The van der Waals surface area contributed by atoms with Crippen molar-refractivity contribution in [2.75, 3.05) is 18.8 Å². The summed E-state index contributed by atoms with van der Waals surface area (Å²) in [5.74, 6) is 0.358. The number of nitrogen functional groups attached to an aromatic ring is 1. The second-order valence-corrected chi connectivity index (χ2v) is 11.1. The Morgan fingerprint density at radius 2 is 1.95 bits per heavy atom. The molecule has 38 heavy (non-hydrogen) atoms. The average molecular weight is 548 g/mol. The van der Waals surface area contributed by atoms with Crippen LogP contribution in [0.2, 0.25) is 5.02 Å². The Kier molecular flexibility index (Phi) is 6.13. The van der Waals surface area contributed by atoms with Gasteiger partial charge >= 0.3 is 0 Å². The molecule has 194 valence electrons. The van der Waals surface area contributed by atoms with E-state index in [2.05, 4.69) is 10.6 Å². The number of para-hydroxylation sites is 1. The highest BCUT2D eigenvalue weighted by atomic mass is 35.5. The Morgan fingerprint density at radius 3 is 2.66 bits per heavy atom. The highest BCUT2D eigenvalue weighted by molar-refractivity contribution is 7.21. The Bertz CT molecular complexity index is 1580. The number of anilines is 1. The molecule has 0 saturated carbocycles. The molecule has 2 heterocycles. The molecule has 1 amide bonds. The van der Waals surface area contributed by atoms with E-state index >= 15 is 0 Å². The first-order chi connectivity index (χ1) is 18.3. The van der Waals surface area contributed by atoms with Gasteiger partial charge in [-0.2, -0.15) is 0 Å². The number of nitrogens with one attached hydrogen (secondary N) is 2. The minimum absolute atomic E-state index is 0.0135. The number of hydrogen-bond acceptors (Lipinski definition) is 8. The van der Waals surface area contributed by atoms with Gasteiger partial charge in [0.2, 0.25) is 0 Å². The fourth-order valence-corrected chi connectivity index (χ4v) is 6.74. The van der Waals surface area contributed by atoms with Gasteiger partial charge in [0.1, 0.15) is 17.0 Å². The lowest BCUT2D eigenvalue weighted by Gasteiger charge is -2.36. The standard InChI is InChI=1S/C28H26ClN5O3S/c29-18-12-14(6-9-20(18)37-16-4-2-1-3-5-16)28(32)17-7-8-19(30)24-21(17)22(23(31)26(28)35)25(38-24)27(36)34-15-10-11-33-13-15/h1-9,12,15,23,33H,10-11,13,30-32H2,(H,34,36). The number of amides is 1. The molecule has 0 spiro atoms. The number of halogens is 1. The van der Waals surface area contributed by atoms with Crippen LogP contribution in [0.1, 0.15) is 38.8 Å². The largest absolute Gasteiger partial charge is 0.456 e. The molecular formula is C28H26ClN5O3S. The monoisotopic (exact) mass is 547 g/mol. The molecule has 8 nitrogen and oxygen atoms in total. The molecule has 2 aliphatic rings. The van der Waals surface area contributed by atoms with Gasteiger partial charge in [0.15, 0.2) is 5.78 Å². The molecule has 0 radical (unpaired) electrons. The zero-order valence-corrected chi connectivity index (χ0v) is 21.9. The van der Waals surface area contributed by atoms with Crippen LogP contribution >= 0.6 is 22.9 Å². The van der Waals surface area contributed by atoms with Crippen molar-refractivity contribution in [3.63, 3.8) is 0 Å². The van der Waals surface area contributed by atoms with Gasteiger partial charge in [0.05, 0.1) is 20.6 Å². The first-order valence-electron chi connectivity index (χ1n) is 12.3. The minimum atomic E-state index is -1.60. The van der Waals surface area contributed by atoms with E-state index in [1.165, 1.54) is 11.3 Å². The SMILES string of the molecule is Nc1ccc2c3c(c(C(=O)NC4CCNC4)sc13)C(N)C(=O)C2(N)c1ccc(Oc2ccccc2)c(Cl)c1. The zero-order valence-electron chi connectivity index (χ0n) is 20.3. The molecule has 8 N–H and O–H groups in total. The van der Waals surface area contributed by atoms with Gasteiger partial charge in [-0.1, -0.05) is 41.9 Å². The fraction of sp³-hybridized carbons (Fsp3) is 0.214.